The molecule has 4 heteroatoms. The smallest absolute Gasteiger partial charge is 0.223 e. The summed E-state index contributed by atoms with van der Waals surface area (Å²) < 4.78 is 5.47. The first-order valence-electron chi connectivity index (χ1n) is 6.48. The first-order valence-corrected chi connectivity index (χ1v) is 6.48. The van der Waals surface area contributed by atoms with Crippen LogP contribution in [0.25, 0.3) is 0 Å². The number of amides is 1. The SMILES string of the molecule is CC(=O)Cc1ccc(OCCC(=O)NC(C)C)cc1. The van der Waals surface area contributed by atoms with Crippen LogP contribution in [0, 0.1) is 0 Å². The minimum atomic E-state index is -0.0109. The highest BCUT2D eigenvalue weighted by molar-refractivity contribution is 5.78. The molecule has 0 spiro atoms. The average molecular weight is 263 g/mol. The zero-order valence-electron chi connectivity index (χ0n) is 11.7. The Kier molecular flexibility index (Phi) is 6.06. The molecule has 1 N–H and O–H groups in total. The highest BCUT2D eigenvalue weighted by atomic mass is 16.5. The van der Waals surface area contributed by atoms with Crippen molar-refractivity contribution >= 4 is 11.7 Å². The van der Waals surface area contributed by atoms with Crippen molar-refractivity contribution in [2.45, 2.75) is 39.7 Å². The van der Waals surface area contributed by atoms with Crippen molar-refractivity contribution in [2.75, 3.05) is 6.61 Å². The van der Waals surface area contributed by atoms with E-state index >= 15 is 0 Å². The molecule has 104 valence electrons. The van der Waals surface area contributed by atoms with Gasteiger partial charge < -0.3 is 10.1 Å². The number of rotatable bonds is 7. The fourth-order valence-electron chi connectivity index (χ4n) is 1.65. The van der Waals surface area contributed by atoms with E-state index < -0.39 is 0 Å². The summed E-state index contributed by atoms with van der Waals surface area (Å²) in [6, 6.07) is 7.52. The zero-order valence-corrected chi connectivity index (χ0v) is 11.7. The summed E-state index contributed by atoms with van der Waals surface area (Å²) in [6.45, 7) is 5.77. The molecule has 0 aliphatic heterocycles. The Morgan fingerprint density at radius 2 is 1.84 bits per heavy atom. The number of benzene rings is 1. The molecule has 0 saturated carbocycles. The molecule has 0 aliphatic rings. The highest BCUT2D eigenvalue weighted by Crippen LogP contribution is 2.13. The number of Topliss-reactive ketones (excluding diaryl/α,β-unsaturated/α-hetero) is 1. The lowest BCUT2D eigenvalue weighted by molar-refractivity contribution is -0.122. The Morgan fingerprint density at radius 3 is 2.37 bits per heavy atom. The maximum absolute atomic E-state index is 11.4. The molecule has 0 aromatic heterocycles. The molecular formula is C15H21NO3. The summed E-state index contributed by atoms with van der Waals surface area (Å²) in [5.74, 6) is 0.840. The Labute approximate surface area is 114 Å². The molecule has 0 fully saturated rings. The fourth-order valence-corrected chi connectivity index (χ4v) is 1.65. The number of ether oxygens (including phenoxy) is 1. The van der Waals surface area contributed by atoms with Gasteiger partial charge in [-0.15, -0.1) is 0 Å². The van der Waals surface area contributed by atoms with Gasteiger partial charge in [0, 0.05) is 12.5 Å². The van der Waals surface area contributed by atoms with Crippen molar-refractivity contribution in [1.29, 1.82) is 0 Å². The molecule has 0 atom stereocenters. The third-order valence-corrected chi connectivity index (χ3v) is 2.42. The van der Waals surface area contributed by atoms with Crippen molar-refractivity contribution < 1.29 is 14.3 Å². The first-order chi connectivity index (χ1) is 8.97. The molecule has 0 aliphatic carbocycles. The predicted molar refractivity (Wildman–Crippen MR) is 74.2 cm³/mol. The minimum absolute atomic E-state index is 0.0109. The summed E-state index contributed by atoms with van der Waals surface area (Å²) in [6.07, 6.45) is 0.782. The lowest BCUT2D eigenvalue weighted by Gasteiger charge is -2.09. The standard InChI is InChI=1S/C15H21NO3/c1-11(2)16-15(18)8-9-19-14-6-4-13(5-7-14)10-12(3)17/h4-7,11H,8-10H2,1-3H3,(H,16,18). The van der Waals surface area contributed by atoms with Crippen molar-refractivity contribution in [1.82, 2.24) is 5.32 Å². The van der Waals surface area contributed by atoms with Crippen LogP contribution in [-0.2, 0) is 16.0 Å². The summed E-state index contributed by atoms with van der Waals surface area (Å²) in [4.78, 5) is 22.3. The van der Waals surface area contributed by atoms with Gasteiger partial charge in [0.1, 0.15) is 11.5 Å². The molecule has 19 heavy (non-hydrogen) atoms. The summed E-state index contributed by atoms with van der Waals surface area (Å²) >= 11 is 0. The quantitative estimate of drug-likeness (QED) is 0.819. The second-order valence-electron chi connectivity index (χ2n) is 4.84. The maximum atomic E-state index is 11.4. The largest absolute Gasteiger partial charge is 0.493 e. The van der Waals surface area contributed by atoms with Crippen LogP contribution in [0.2, 0.25) is 0 Å². The van der Waals surface area contributed by atoms with Crippen LogP contribution in [0.1, 0.15) is 32.8 Å². The summed E-state index contributed by atoms with van der Waals surface area (Å²) in [5.41, 5.74) is 0.970. The van der Waals surface area contributed by atoms with E-state index in [4.69, 9.17) is 4.74 Å². The Bertz CT molecular complexity index is 424. The van der Waals surface area contributed by atoms with Gasteiger partial charge in [-0.1, -0.05) is 12.1 Å². The van der Waals surface area contributed by atoms with Crippen molar-refractivity contribution in [3.8, 4) is 5.75 Å². The van der Waals surface area contributed by atoms with E-state index in [0.29, 0.717) is 25.2 Å². The van der Waals surface area contributed by atoms with Gasteiger partial charge in [-0.3, -0.25) is 9.59 Å². The van der Waals surface area contributed by atoms with E-state index in [1.165, 1.54) is 0 Å². The van der Waals surface area contributed by atoms with Crippen LogP contribution < -0.4 is 10.1 Å². The molecular weight excluding hydrogens is 242 g/mol. The van der Waals surface area contributed by atoms with Crippen molar-refractivity contribution in [2.24, 2.45) is 0 Å². The molecule has 1 aromatic rings. The third kappa shape index (κ3) is 6.60. The van der Waals surface area contributed by atoms with Gasteiger partial charge in [0.05, 0.1) is 13.0 Å². The van der Waals surface area contributed by atoms with Gasteiger partial charge in [-0.25, -0.2) is 0 Å². The van der Waals surface area contributed by atoms with Crippen LogP contribution in [0.3, 0.4) is 0 Å². The maximum Gasteiger partial charge on any atom is 0.223 e. The fraction of sp³-hybridized carbons (Fsp3) is 0.467. The first kappa shape index (κ1) is 15.2. The van der Waals surface area contributed by atoms with Crippen LogP contribution in [0.5, 0.6) is 5.75 Å². The van der Waals surface area contributed by atoms with E-state index in [0.717, 1.165) is 5.56 Å². The molecule has 1 aromatic carbocycles. The van der Waals surface area contributed by atoms with E-state index in [1.54, 1.807) is 6.92 Å². The Morgan fingerprint density at radius 1 is 1.21 bits per heavy atom. The van der Waals surface area contributed by atoms with E-state index in [2.05, 4.69) is 5.32 Å². The normalized spacial score (nSPS) is 10.3. The zero-order chi connectivity index (χ0) is 14.3. The van der Waals surface area contributed by atoms with Crippen molar-refractivity contribution in [3.63, 3.8) is 0 Å². The van der Waals surface area contributed by atoms with Crippen LogP contribution in [0.4, 0.5) is 0 Å². The van der Waals surface area contributed by atoms with Crippen LogP contribution in [0.15, 0.2) is 24.3 Å². The molecule has 0 saturated heterocycles. The molecule has 4 nitrogen and oxygen atoms in total. The third-order valence-electron chi connectivity index (χ3n) is 2.42. The molecule has 0 radical (unpaired) electrons. The van der Waals surface area contributed by atoms with Gasteiger partial charge in [-0.05, 0) is 38.5 Å². The average Bonchev–Trinajstić information content (AvgIpc) is 2.29. The Hall–Kier alpha value is -1.84. The number of hydrogen-bond donors (Lipinski definition) is 1. The summed E-state index contributed by atoms with van der Waals surface area (Å²) in [5, 5.41) is 2.80. The minimum Gasteiger partial charge on any atom is -0.493 e. The number of ketones is 1. The number of carbonyl (C=O) groups is 2. The van der Waals surface area contributed by atoms with E-state index in [1.807, 2.05) is 38.1 Å². The number of carbonyl (C=O) groups excluding carboxylic acids is 2. The molecule has 1 amide bonds. The molecule has 1 rings (SSSR count). The predicted octanol–water partition coefficient (Wildman–Crippen LogP) is 2.11. The second kappa shape index (κ2) is 7.56. The van der Waals surface area contributed by atoms with Crippen LogP contribution in [-0.4, -0.2) is 24.3 Å². The second-order valence-corrected chi connectivity index (χ2v) is 4.84. The highest BCUT2D eigenvalue weighted by Gasteiger charge is 2.04. The van der Waals surface area contributed by atoms with Crippen molar-refractivity contribution in [3.05, 3.63) is 29.8 Å². The topological polar surface area (TPSA) is 55.4 Å². The van der Waals surface area contributed by atoms with Gasteiger partial charge in [0.2, 0.25) is 5.91 Å². The monoisotopic (exact) mass is 263 g/mol. The molecule has 0 bridgehead atoms. The van der Waals surface area contributed by atoms with Crippen LogP contribution >= 0.6 is 0 Å². The lowest BCUT2D eigenvalue weighted by Crippen LogP contribution is -2.31. The van der Waals surface area contributed by atoms with Gasteiger partial charge >= 0.3 is 0 Å². The van der Waals surface area contributed by atoms with Gasteiger partial charge in [-0.2, -0.15) is 0 Å². The van der Waals surface area contributed by atoms with E-state index in [9.17, 15) is 9.59 Å². The number of hydrogen-bond acceptors (Lipinski definition) is 3. The van der Waals surface area contributed by atoms with Gasteiger partial charge in [0.25, 0.3) is 0 Å². The number of nitrogens with one attached hydrogen (secondary N) is 1. The molecule has 0 heterocycles. The molecule has 0 unspecified atom stereocenters. The van der Waals surface area contributed by atoms with E-state index in [-0.39, 0.29) is 17.7 Å². The Balaban J connectivity index is 2.34. The summed E-state index contributed by atoms with van der Waals surface area (Å²) in [7, 11) is 0. The van der Waals surface area contributed by atoms with Gasteiger partial charge in [0.15, 0.2) is 0 Å². The lowest BCUT2D eigenvalue weighted by atomic mass is 10.1.